The van der Waals surface area contributed by atoms with E-state index in [-0.39, 0.29) is 25.0 Å². The minimum atomic E-state index is -3.73. The number of rotatable bonds is 8. The van der Waals surface area contributed by atoms with Gasteiger partial charge in [-0.25, -0.2) is 13.2 Å². The number of nitrogens with one attached hydrogen (secondary N) is 1. The van der Waals surface area contributed by atoms with E-state index >= 15 is 0 Å². The number of hydrogen-bond acceptors (Lipinski definition) is 7. The number of carbonyl (C=O) groups excluding carboxylic acids is 1. The first kappa shape index (κ1) is 29.5. The fourth-order valence-corrected chi connectivity index (χ4v) is 7.79. The summed E-state index contributed by atoms with van der Waals surface area (Å²) in [5.41, 5.74) is 1.98. The Hall–Kier alpha value is -2.99. The lowest BCUT2D eigenvalue weighted by Gasteiger charge is -2.50. The van der Waals surface area contributed by atoms with Gasteiger partial charge in [-0.05, 0) is 69.8 Å². The van der Waals surface area contributed by atoms with E-state index in [9.17, 15) is 18.0 Å². The van der Waals surface area contributed by atoms with E-state index in [4.69, 9.17) is 9.15 Å². The predicted octanol–water partition coefficient (Wildman–Crippen LogP) is 3.83. The molecule has 0 saturated carbocycles. The normalized spacial score (nSPS) is 22.5. The fourth-order valence-electron chi connectivity index (χ4n) is 6.09. The standard InChI is InChI=1S/C30H40N4O6S/c1-5-33-26-12-9-23(16-27(26)40-29(33)36)31-28(35)17-32-14-6-13-30(19-32)20-34(24(18-39-30)15-21(2)3)41(37,38)25-10-7-22(4)8-11-25/h7-12,16,21,24H,5-6,13-15,17-20H2,1-4H3,(H,31,35)/t24-,30+/m0/s1. The second kappa shape index (κ2) is 11.7. The number of anilines is 1. The molecule has 10 nitrogen and oxygen atoms in total. The molecule has 5 rings (SSSR count). The second-order valence-corrected chi connectivity index (χ2v) is 13.7. The molecule has 2 atom stereocenters. The van der Waals surface area contributed by atoms with Crippen LogP contribution in [0.5, 0.6) is 0 Å². The summed E-state index contributed by atoms with van der Waals surface area (Å²) in [4.78, 5) is 27.4. The quantitative estimate of drug-likeness (QED) is 0.428. The van der Waals surface area contributed by atoms with Gasteiger partial charge in [-0.3, -0.25) is 14.3 Å². The Morgan fingerprint density at radius 1 is 1.15 bits per heavy atom. The highest BCUT2D eigenvalue weighted by Gasteiger charge is 2.47. The third-order valence-corrected chi connectivity index (χ3v) is 9.97. The minimum Gasteiger partial charge on any atom is -0.408 e. The van der Waals surface area contributed by atoms with E-state index in [0.29, 0.717) is 60.3 Å². The van der Waals surface area contributed by atoms with Crippen LogP contribution in [-0.4, -0.2) is 72.5 Å². The number of piperidine rings is 1. The van der Waals surface area contributed by atoms with E-state index in [0.717, 1.165) is 18.4 Å². The molecule has 0 unspecified atom stereocenters. The summed E-state index contributed by atoms with van der Waals surface area (Å²) in [6, 6.07) is 11.9. The number of carbonyl (C=O) groups is 1. The monoisotopic (exact) mass is 584 g/mol. The lowest BCUT2D eigenvalue weighted by molar-refractivity contribution is -0.146. The first-order valence-electron chi connectivity index (χ1n) is 14.4. The summed E-state index contributed by atoms with van der Waals surface area (Å²) in [6.07, 6.45) is 2.23. The van der Waals surface area contributed by atoms with Gasteiger partial charge in [0.1, 0.15) is 0 Å². The maximum Gasteiger partial charge on any atom is 0.419 e. The van der Waals surface area contributed by atoms with Crippen LogP contribution in [0, 0.1) is 12.8 Å². The lowest BCUT2D eigenvalue weighted by Crippen LogP contribution is -2.64. The number of oxazole rings is 1. The molecule has 1 amide bonds. The molecule has 222 valence electrons. The zero-order chi connectivity index (χ0) is 29.4. The summed E-state index contributed by atoms with van der Waals surface area (Å²) in [5, 5.41) is 2.91. The van der Waals surface area contributed by atoms with Crippen molar-refractivity contribution in [3.63, 3.8) is 0 Å². The molecule has 3 aromatic rings. The summed E-state index contributed by atoms with van der Waals surface area (Å²) < 4.78 is 42.7. The van der Waals surface area contributed by atoms with Crippen molar-refractivity contribution in [2.45, 2.75) is 70.0 Å². The van der Waals surface area contributed by atoms with Crippen LogP contribution >= 0.6 is 0 Å². The Kier molecular flexibility index (Phi) is 8.43. The molecule has 2 saturated heterocycles. The Balaban J connectivity index is 1.30. The molecule has 0 radical (unpaired) electrons. The number of benzene rings is 2. The van der Waals surface area contributed by atoms with E-state index in [1.165, 1.54) is 4.57 Å². The molecule has 2 aromatic carbocycles. The number of amides is 1. The number of morpholine rings is 1. The molecule has 1 N–H and O–H groups in total. The van der Waals surface area contributed by atoms with Crippen LogP contribution in [0.15, 0.2) is 56.6 Å². The number of hydrogen-bond donors (Lipinski definition) is 1. The van der Waals surface area contributed by atoms with Gasteiger partial charge < -0.3 is 14.5 Å². The molecule has 0 aliphatic carbocycles. The van der Waals surface area contributed by atoms with Crippen LogP contribution in [0.1, 0.15) is 45.6 Å². The Morgan fingerprint density at radius 3 is 2.61 bits per heavy atom. The van der Waals surface area contributed by atoms with Gasteiger partial charge in [0.15, 0.2) is 5.58 Å². The van der Waals surface area contributed by atoms with Gasteiger partial charge in [0.05, 0.1) is 29.2 Å². The number of ether oxygens (including phenoxy) is 1. The zero-order valence-corrected chi connectivity index (χ0v) is 25.1. The topological polar surface area (TPSA) is 114 Å². The molecule has 1 aromatic heterocycles. The summed E-state index contributed by atoms with van der Waals surface area (Å²) in [5.74, 6) is -0.310. The highest BCUT2D eigenvalue weighted by atomic mass is 32.2. The molecular formula is C30H40N4O6S. The average molecular weight is 585 g/mol. The molecular weight excluding hydrogens is 544 g/mol. The van der Waals surface area contributed by atoms with Crippen molar-refractivity contribution in [1.29, 1.82) is 0 Å². The van der Waals surface area contributed by atoms with Gasteiger partial charge in [0.2, 0.25) is 15.9 Å². The molecule has 2 fully saturated rings. The van der Waals surface area contributed by atoms with Crippen molar-refractivity contribution in [3.05, 3.63) is 58.6 Å². The van der Waals surface area contributed by atoms with Gasteiger partial charge in [-0.2, -0.15) is 4.31 Å². The maximum atomic E-state index is 13.9. The molecule has 0 bridgehead atoms. The van der Waals surface area contributed by atoms with Gasteiger partial charge in [-0.1, -0.05) is 31.5 Å². The molecule has 2 aliphatic heterocycles. The second-order valence-electron chi connectivity index (χ2n) is 11.8. The van der Waals surface area contributed by atoms with E-state index < -0.39 is 21.4 Å². The Morgan fingerprint density at radius 2 is 1.90 bits per heavy atom. The van der Waals surface area contributed by atoms with Crippen molar-refractivity contribution in [2.24, 2.45) is 5.92 Å². The van der Waals surface area contributed by atoms with Crippen LogP contribution in [0.25, 0.3) is 11.1 Å². The highest BCUT2D eigenvalue weighted by molar-refractivity contribution is 7.89. The van der Waals surface area contributed by atoms with Crippen LogP contribution in [-0.2, 0) is 26.1 Å². The van der Waals surface area contributed by atoms with Crippen LogP contribution < -0.4 is 11.1 Å². The van der Waals surface area contributed by atoms with Gasteiger partial charge in [0, 0.05) is 37.4 Å². The smallest absolute Gasteiger partial charge is 0.408 e. The summed E-state index contributed by atoms with van der Waals surface area (Å²) >= 11 is 0. The first-order valence-corrected chi connectivity index (χ1v) is 15.8. The van der Waals surface area contributed by atoms with Crippen molar-refractivity contribution >= 4 is 32.7 Å². The summed E-state index contributed by atoms with van der Waals surface area (Å²) in [6.45, 7) is 10.4. The number of nitrogens with zero attached hydrogens (tertiary/aromatic N) is 3. The van der Waals surface area contributed by atoms with Crippen molar-refractivity contribution in [3.8, 4) is 0 Å². The number of likely N-dealkylation sites (tertiary alicyclic amines) is 1. The SMILES string of the molecule is CCn1c(=O)oc2cc(NC(=O)CN3CCC[C@@]4(C3)CN(S(=O)(=O)c3ccc(C)cc3)[C@@H](CC(C)C)CO4)ccc21. The zero-order valence-electron chi connectivity index (χ0n) is 24.3. The minimum absolute atomic E-state index is 0.142. The Bertz CT molecular complexity index is 1560. The Labute approximate surface area is 241 Å². The number of aryl methyl sites for hydroxylation is 2. The van der Waals surface area contributed by atoms with Gasteiger partial charge in [-0.15, -0.1) is 0 Å². The van der Waals surface area contributed by atoms with Crippen molar-refractivity contribution in [2.75, 3.05) is 38.1 Å². The molecule has 1 spiro atoms. The fraction of sp³-hybridized carbons (Fsp3) is 0.533. The van der Waals surface area contributed by atoms with E-state index in [1.54, 1.807) is 34.6 Å². The van der Waals surface area contributed by atoms with Crippen molar-refractivity contribution in [1.82, 2.24) is 13.8 Å². The third-order valence-electron chi connectivity index (χ3n) is 8.06. The molecule has 11 heteroatoms. The molecule has 3 heterocycles. The third kappa shape index (κ3) is 6.28. The largest absolute Gasteiger partial charge is 0.419 e. The molecule has 41 heavy (non-hydrogen) atoms. The number of fused-ring (bicyclic) bond motifs is 1. The van der Waals surface area contributed by atoms with Crippen LogP contribution in [0.4, 0.5) is 5.69 Å². The van der Waals surface area contributed by atoms with Crippen LogP contribution in [0.2, 0.25) is 0 Å². The maximum absolute atomic E-state index is 13.9. The van der Waals surface area contributed by atoms with Crippen molar-refractivity contribution < 1.29 is 22.4 Å². The average Bonchev–Trinajstić information content (AvgIpc) is 3.23. The van der Waals surface area contributed by atoms with Crippen LogP contribution in [0.3, 0.4) is 0 Å². The summed E-state index contributed by atoms with van der Waals surface area (Å²) in [7, 11) is -3.73. The lowest BCUT2D eigenvalue weighted by atomic mass is 9.89. The first-order chi connectivity index (χ1) is 19.5. The number of aromatic nitrogens is 1. The van der Waals surface area contributed by atoms with E-state index in [2.05, 4.69) is 19.2 Å². The highest BCUT2D eigenvalue weighted by Crippen LogP contribution is 2.35. The molecule has 2 aliphatic rings. The van der Waals surface area contributed by atoms with Gasteiger partial charge >= 0.3 is 5.76 Å². The predicted molar refractivity (Wildman–Crippen MR) is 157 cm³/mol. The number of sulfonamides is 1. The van der Waals surface area contributed by atoms with E-state index in [1.807, 2.05) is 30.9 Å². The van der Waals surface area contributed by atoms with Gasteiger partial charge in [0.25, 0.3) is 0 Å².